The van der Waals surface area contributed by atoms with Crippen LogP contribution in [0, 0.1) is 5.92 Å². The molecule has 2 rings (SSSR count). The number of hydrogen-bond donors (Lipinski definition) is 2. The summed E-state index contributed by atoms with van der Waals surface area (Å²) in [7, 11) is 0. The molecule has 72 valence electrons. The maximum atomic E-state index is 11.5. The number of amides is 3. The van der Waals surface area contributed by atoms with Crippen molar-refractivity contribution in [2.24, 2.45) is 5.92 Å². The minimum Gasteiger partial charge on any atom is -0.381 e. The number of imide groups is 1. The molecule has 2 saturated heterocycles. The summed E-state index contributed by atoms with van der Waals surface area (Å²) in [6.07, 6.45) is 0.561. The summed E-state index contributed by atoms with van der Waals surface area (Å²) in [5.74, 6) is -0.180. The summed E-state index contributed by atoms with van der Waals surface area (Å²) >= 11 is 0. The van der Waals surface area contributed by atoms with Gasteiger partial charge in [0.05, 0.1) is 6.61 Å². The molecule has 1 spiro atoms. The predicted octanol–water partition coefficient (Wildman–Crippen LogP) is -0.379. The van der Waals surface area contributed by atoms with Crippen LogP contribution in [0.3, 0.4) is 0 Å². The van der Waals surface area contributed by atoms with E-state index in [0.717, 1.165) is 0 Å². The van der Waals surface area contributed by atoms with Gasteiger partial charge in [-0.2, -0.15) is 0 Å². The average molecular weight is 184 g/mol. The topological polar surface area (TPSA) is 67.4 Å². The summed E-state index contributed by atoms with van der Waals surface area (Å²) in [5, 5.41) is 4.95. The molecule has 0 radical (unpaired) electrons. The number of ether oxygens (including phenoxy) is 1. The summed E-state index contributed by atoms with van der Waals surface area (Å²) in [5.41, 5.74) is -0.713. The van der Waals surface area contributed by atoms with Gasteiger partial charge in [-0.25, -0.2) is 4.79 Å². The summed E-state index contributed by atoms with van der Waals surface area (Å²) < 4.78 is 5.22. The third-order valence-corrected chi connectivity index (χ3v) is 2.82. The SMILES string of the molecule is CC1COCCC12NC(=O)NC2=O. The highest BCUT2D eigenvalue weighted by Crippen LogP contribution is 2.29. The number of rotatable bonds is 0. The summed E-state index contributed by atoms with van der Waals surface area (Å²) in [6, 6.07) is -0.390. The van der Waals surface area contributed by atoms with Gasteiger partial charge in [0.1, 0.15) is 5.54 Å². The number of hydrogen-bond acceptors (Lipinski definition) is 3. The molecule has 5 heteroatoms. The van der Waals surface area contributed by atoms with Crippen LogP contribution in [0.2, 0.25) is 0 Å². The zero-order valence-electron chi connectivity index (χ0n) is 7.42. The van der Waals surface area contributed by atoms with E-state index in [4.69, 9.17) is 4.74 Å². The van der Waals surface area contributed by atoms with Crippen LogP contribution in [-0.4, -0.2) is 30.7 Å². The van der Waals surface area contributed by atoms with Crippen molar-refractivity contribution in [1.82, 2.24) is 10.6 Å². The number of carbonyl (C=O) groups is 2. The molecule has 0 aliphatic carbocycles. The lowest BCUT2D eigenvalue weighted by Gasteiger charge is -2.36. The van der Waals surface area contributed by atoms with Crippen molar-refractivity contribution in [2.75, 3.05) is 13.2 Å². The van der Waals surface area contributed by atoms with E-state index in [1.165, 1.54) is 0 Å². The molecule has 2 aliphatic heterocycles. The molecule has 2 unspecified atom stereocenters. The second-order valence-corrected chi connectivity index (χ2v) is 3.61. The third kappa shape index (κ3) is 1.11. The van der Waals surface area contributed by atoms with Crippen molar-refractivity contribution in [3.63, 3.8) is 0 Å². The van der Waals surface area contributed by atoms with Crippen LogP contribution >= 0.6 is 0 Å². The lowest BCUT2D eigenvalue weighted by Crippen LogP contribution is -2.56. The first-order chi connectivity index (χ1) is 6.15. The van der Waals surface area contributed by atoms with Crippen LogP contribution in [0.1, 0.15) is 13.3 Å². The molecule has 0 aromatic heterocycles. The van der Waals surface area contributed by atoms with E-state index in [2.05, 4.69) is 10.6 Å². The van der Waals surface area contributed by atoms with Gasteiger partial charge in [0.25, 0.3) is 5.91 Å². The molecule has 0 bridgehead atoms. The van der Waals surface area contributed by atoms with Crippen molar-refractivity contribution >= 4 is 11.9 Å². The first-order valence-electron chi connectivity index (χ1n) is 4.36. The lowest BCUT2D eigenvalue weighted by molar-refractivity contribution is -0.130. The van der Waals surface area contributed by atoms with Crippen molar-refractivity contribution in [3.8, 4) is 0 Å². The van der Waals surface area contributed by atoms with Crippen LogP contribution in [0.5, 0.6) is 0 Å². The molecule has 0 saturated carbocycles. The molecular formula is C8H12N2O3. The van der Waals surface area contributed by atoms with Crippen LogP contribution in [-0.2, 0) is 9.53 Å². The number of urea groups is 1. The minimum absolute atomic E-state index is 0.0349. The van der Waals surface area contributed by atoms with E-state index in [1.807, 2.05) is 6.92 Å². The minimum atomic E-state index is -0.713. The van der Waals surface area contributed by atoms with Crippen molar-refractivity contribution in [3.05, 3.63) is 0 Å². The molecule has 0 aromatic carbocycles. The van der Waals surface area contributed by atoms with E-state index in [1.54, 1.807) is 0 Å². The molecule has 2 heterocycles. The maximum absolute atomic E-state index is 11.5. The van der Waals surface area contributed by atoms with E-state index in [0.29, 0.717) is 19.6 Å². The Hall–Kier alpha value is -1.10. The van der Waals surface area contributed by atoms with E-state index in [9.17, 15) is 9.59 Å². The Balaban J connectivity index is 2.26. The van der Waals surface area contributed by atoms with Crippen molar-refractivity contribution in [1.29, 1.82) is 0 Å². The normalized spacial score (nSPS) is 39.0. The number of nitrogens with one attached hydrogen (secondary N) is 2. The van der Waals surface area contributed by atoms with Gasteiger partial charge < -0.3 is 10.1 Å². The van der Waals surface area contributed by atoms with E-state index < -0.39 is 11.6 Å². The van der Waals surface area contributed by atoms with Gasteiger partial charge in [-0.15, -0.1) is 0 Å². The Morgan fingerprint density at radius 1 is 1.54 bits per heavy atom. The Morgan fingerprint density at radius 2 is 2.31 bits per heavy atom. The largest absolute Gasteiger partial charge is 0.381 e. The van der Waals surface area contributed by atoms with Gasteiger partial charge in [-0.1, -0.05) is 6.92 Å². The van der Waals surface area contributed by atoms with Crippen LogP contribution in [0.4, 0.5) is 4.79 Å². The highest BCUT2D eigenvalue weighted by atomic mass is 16.5. The first-order valence-corrected chi connectivity index (χ1v) is 4.36. The fourth-order valence-electron chi connectivity index (χ4n) is 1.91. The standard InChI is InChI=1S/C8H12N2O3/c1-5-4-13-3-2-8(5)6(11)9-7(12)10-8/h5H,2-4H2,1H3,(H2,9,10,11,12). The van der Waals surface area contributed by atoms with Crippen LogP contribution in [0.25, 0.3) is 0 Å². The van der Waals surface area contributed by atoms with E-state index in [-0.39, 0.29) is 11.8 Å². The Kier molecular flexibility index (Phi) is 1.76. The van der Waals surface area contributed by atoms with Gasteiger partial charge in [0.2, 0.25) is 0 Å². The monoisotopic (exact) mass is 184 g/mol. The average Bonchev–Trinajstić information content (AvgIpc) is 2.35. The first kappa shape index (κ1) is 8.50. The zero-order valence-corrected chi connectivity index (χ0v) is 7.42. The van der Waals surface area contributed by atoms with Gasteiger partial charge in [0.15, 0.2) is 0 Å². The van der Waals surface area contributed by atoms with Crippen LogP contribution < -0.4 is 10.6 Å². The molecule has 2 N–H and O–H groups in total. The fourth-order valence-corrected chi connectivity index (χ4v) is 1.91. The molecule has 0 aromatic rings. The van der Waals surface area contributed by atoms with Gasteiger partial charge in [-0.05, 0) is 0 Å². The number of carbonyl (C=O) groups excluding carboxylic acids is 2. The molecule has 5 nitrogen and oxygen atoms in total. The van der Waals surface area contributed by atoms with Gasteiger partial charge >= 0.3 is 6.03 Å². The molecule has 3 amide bonds. The molecule has 13 heavy (non-hydrogen) atoms. The van der Waals surface area contributed by atoms with Gasteiger partial charge in [0, 0.05) is 18.9 Å². The molecular weight excluding hydrogens is 172 g/mol. The highest BCUT2D eigenvalue weighted by molar-refractivity contribution is 6.07. The van der Waals surface area contributed by atoms with Gasteiger partial charge in [-0.3, -0.25) is 10.1 Å². The smallest absolute Gasteiger partial charge is 0.322 e. The second kappa shape index (κ2) is 2.70. The molecule has 2 fully saturated rings. The highest BCUT2D eigenvalue weighted by Gasteiger charge is 2.51. The third-order valence-electron chi connectivity index (χ3n) is 2.82. The predicted molar refractivity (Wildman–Crippen MR) is 44.0 cm³/mol. The van der Waals surface area contributed by atoms with E-state index >= 15 is 0 Å². The van der Waals surface area contributed by atoms with Crippen molar-refractivity contribution < 1.29 is 14.3 Å². The Morgan fingerprint density at radius 3 is 2.85 bits per heavy atom. The second-order valence-electron chi connectivity index (χ2n) is 3.61. The van der Waals surface area contributed by atoms with Crippen molar-refractivity contribution in [2.45, 2.75) is 18.9 Å². The Labute approximate surface area is 75.8 Å². The molecule has 2 aliphatic rings. The molecule has 2 atom stereocenters. The maximum Gasteiger partial charge on any atom is 0.322 e. The summed E-state index contributed by atoms with van der Waals surface area (Å²) in [4.78, 5) is 22.5. The lowest BCUT2D eigenvalue weighted by atomic mass is 9.81. The van der Waals surface area contributed by atoms with Crippen LogP contribution in [0.15, 0.2) is 0 Å². The Bertz CT molecular complexity index is 266. The quantitative estimate of drug-likeness (QED) is 0.504. The zero-order chi connectivity index (χ0) is 9.47. The fraction of sp³-hybridized carbons (Fsp3) is 0.750. The summed E-state index contributed by atoms with van der Waals surface area (Å²) in [6.45, 7) is 2.95.